The third-order valence-corrected chi connectivity index (χ3v) is 9.17. The Hall–Kier alpha value is -4.08. The first-order valence-electron chi connectivity index (χ1n) is 16.8. The number of unbranched alkanes of at least 4 members (excludes halogenated alkanes) is 1. The Bertz CT molecular complexity index is 1540. The van der Waals surface area contributed by atoms with Crippen molar-refractivity contribution in [2.24, 2.45) is 5.92 Å². The average molecular weight is 645 g/mol. The first-order chi connectivity index (χ1) is 22.6. The number of hydrogen-bond donors (Lipinski definition) is 1. The summed E-state index contributed by atoms with van der Waals surface area (Å²) in [6.07, 6.45) is 3.09. The Morgan fingerprint density at radius 3 is 2.55 bits per heavy atom. The van der Waals surface area contributed by atoms with E-state index in [0.29, 0.717) is 37.6 Å². The van der Waals surface area contributed by atoms with Gasteiger partial charge in [-0.05, 0) is 54.3 Å². The van der Waals surface area contributed by atoms with E-state index >= 15 is 0 Å². The average Bonchev–Trinajstić information content (AvgIpc) is 3.65. The zero-order valence-corrected chi connectivity index (χ0v) is 28.5. The fourth-order valence-electron chi connectivity index (χ4n) is 7.00. The summed E-state index contributed by atoms with van der Waals surface area (Å²) in [5.41, 5.74) is 4.14. The topological polar surface area (TPSA) is 88.5 Å². The zero-order chi connectivity index (χ0) is 33.6. The van der Waals surface area contributed by atoms with Crippen molar-refractivity contribution < 1.29 is 33.4 Å². The molecular weight excluding hydrogens is 594 g/mol. The van der Waals surface area contributed by atoms with Crippen molar-refractivity contribution in [2.45, 2.75) is 51.1 Å². The maximum atomic E-state index is 14.3. The SMILES string of the molecule is CCCCN(C(=O)CN1C[C@H](c2ccc3c(c2)CCO3)C(C(=O)O)[C@@H]1CCOc1ccccc1OC)c1cccc(C[N+](C)(C)C)c1. The summed E-state index contributed by atoms with van der Waals surface area (Å²) in [6, 6.07) is 21.3. The van der Waals surface area contributed by atoms with Crippen LogP contribution in [0.3, 0.4) is 0 Å². The Kier molecular flexibility index (Phi) is 11.1. The van der Waals surface area contributed by atoms with E-state index in [0.717, 1.165) is 52.9 Å². The Morgan fingerprint density at radius 1 is 1.04 bits per heavy atom. The number of benzene rings is 3. The minimum atomic E-state index is -0.861. The van der Waals surface area contributed by atoms with Gasteiger partial charge in [-0.1, -0.05) is 49.7 Å². The molecule has 0 spiro atoms. The molecule has 9 heteroatoms. The maximum absolute atomic E-state index is 14.3. The van der Waals surface area contributed by atoms with Crippen LogP contribution in [0, 0.1) is 5.92 Å². The minimum Gasteiger partial charge on any atom is -0.493 e. The third-order valence-electron chi connectivity index (χ3n) is 9.17. The number of rotatable bonds is 15. The van der Waals surface area contributed by atoms with Crippen LogP contribution < -0.4 is 19.1 Å². The molecule has 1 saturated heterocycles. The molecule has 2 aliphatic rings. The molecule has 5 rings (SSSR count). The Labute approximate surface area is 279 Å². The van der Waals surface area contributed by atoms with Crippen LogP contribution in [0.15, 0.2) is 66.7 Å². The molecule has 3 atom stereocenters. The quantitative estimate of drug-likeness (QED) is 0.215. The second kappa shape index (κ2) is 15.2. The number of likely N-dealkylation sites (tertiary alicyclic amines) is 1. The highest BCUT2D eigenvalue weighted by Gasteiger charge is 2.47. The van der Waals surface area contributed by atoms with E-state index in [9.17, 15) is 14.7 Å². The molecule has 1 N–H and O–H groups in total. The third kappa shape index (κ3) is 8.45. The second-order valence-corrected chi connectivity index (χ2v) is 13.7. The first kappa shape index (κ1) is 34.3. The van der Waals surface area contributed by atoms with Gasteiger partial charge >= 0.3 is 5.97 Å². The molecule has 1 amide bonds. The summed E-state index contributed by atoms with van der Waals surface area (Å²) < 4.78 is 18.1. The van der Waals surface area contributed by atoms with Crippen molar-refractivity contribution >= 4 is 17.6 Å². The predicted molar refractivity (Wildman–Crippen MR) is 183 cm³/mol. The predicted octanol–water partition coefficient (Wildman–Crippen LogP) is 5.61. The lowest BCUT2D eigenvalue weighted by Crippen LogP contribution is -2.45. The molecule has 1 fully saturated rings. The van der Waals surface area contributed by atoms with Crippen LogP contribution in [0.4, 0.5) is 5.69 Å². The lowest BCUT2D eigenvalue weighted by molar-refractivity contribution is -0.884. The molecule has 2 heterocycles. The number of fused-ring (bicyclic) bond motifs is 1. The fraction of sp³-hybridized carbons (Fsp3) is 0.474. The van der Waals surface area contributed by atoms with E-state index in [4.69, 9.17) is 14.2 Å². The summed E-state index contributed by atoms with van der Waals surface area (Å²) in [5.74, 6) is 0.228. The van der Waals surface area contributed by atoms with Crippen LogP contribution >= 0.6 is 0 Å². The van der Waals surface area contributed by atoms with Crippen LogP contribution in [0.2, 0.25) is 0 Å². The van der Waals surface area contributed by atoms with Gasteiger partial charge in [0.05, 0.1) is 53.9 Å². The summed E-state index contributed by atoms with van der Waals surface area (Å²) in [7, 11) is 8.06. The number of para-hydroxylation sites is 2. The summed E-state index contributed by atoms with van der Waals surface area (Å²) >= 11 is 0. The molecular formula is C38H50N3O6+. The van der Waals surface area contributed by atoms with Crippen molar-refractivity contribution in [3.63, 3.8) is 0 Å². The highest BCUT2D eigenvalue weighted by Crippen LogP contribution is 2.41. The van der Waals surface area contributed by atoms with Gasteiger partial charge in [0.2, 0.25) is 5.91 Å². The largest absolute Gasteiger partial charge is 0.493 e. The van der Waals surface area contributed by atoms with E-state index in [1.54, 1.807) is 7.11 Å². The minimum absolute atomic E-state index is 0.0244. The number of ether oxygens (including phenoxy) is 3. The van der Waals surface area contributed by atoms with E-state index in [1.807, 2.05) is 53.4 Å². The summed E-state index contributed by atoms with van der Waals surface area (Å²) in [5, 5.41) is 10.7. The summed E-state index contributed by atoms with van der Waals surface area (Å²) in [4.78, 5) is 31.3. The maximum Gasteiger partial charge on any atom is 0.308 e. The van der Waals surface area contributed by atoms with Crippen molar-refractivity contribution in [3.8, 4) is 17.2 Å². The molecule has 1 unspecified atom stereocenters. The number of quaternary nitrogens is 1. The Balaban J connectivity index is 1.42. The lowest BCUT2D eigenvalue weighted by atomic mass is 9.83. The van der Waals surface area contributed by atoms with Gasteiger partial charge in [0.1, 0.15) is 12.3 Å². The number of aliphatic carboxylic acids is 1. The highest BCUT2D eigenvalue weighted by molar-refractivity contribution is 5.95. The number of carboxylic acid groups (broad SMARTS) is 1. The smallest absolute Gasteiger partial charge is 0.308 e. The number of anilines is 1. The van der Waals surface area contributed by atoms with Gasteiger partial charge in [-0.25, -0.2) is 0 Å². The summed E-state index contributed by atoms with van der Waals surface area (Å²) in [6.45, 7) is 5.09. The highest BCUT2D eigenvalue weighted by atomic mass is 16.5. The van der Waals surface area contributed by atoms with Crippen LogP contribution in [-0.4, -0.2) is 93.5 Å². The normalized spacial score (nSPS) is 19.2. The van der Waals surface area contributed by atoms with E-state index in [1.165, 1.54) is 5.56 Å². The molecule has 3 aromatic rings. The van der Waals surface area contributed by atoms with E-state index < -0.39 is 17.9 Å². The zero-order valence-electron chi connectivity index (χ0n) is 28.5. The van der Waals surface area contributed by atoms with Gasteiger partial charge in [-0.15, -0.1) is 0 Å². The van der Waals surface area contributed by atoms with Crippen molar-refractivity contribution in [1.29, 1.82) is 0 Å². The van der Waals surface area contributed by atoms with Crippen molar-refractivity contribution in [3.05, 3.63) is 83.4 Å². The molecule has 9 nitrogen and oxygen atoms in total. The molecule has 252 valence electrons. The van der Waals surface area contributed by atoms with Crippen LogP contribution in [0.1, 0.15) is 48.8 Å². The molecule has 0 aromatic heterocycles. The van der Waals surface area contributed by atoms with Gasteiger partial charge in [0, 0.05) is 42.7 Å². The second-order valence-electron chi connectivity index (χ2n) is 13.7. The fourth-order valence-corrected chi connectivity index (χ4v) is 7.00. The van der Waals surface area contributed by atoms with Crippen molar-refractivity contribution in [1.82, 2.24) is 4.90 Å². The van der Waals surface area contributed by atoms with Crippen LogP contribution in [-0.2, 0) is 22.6 Å². The van der Waals surface area contributed by atoms with Gasteiger partial charge < -0.3 is 28.7 Å². The standard InChI is InChI=1S/C38H49N3O6/c1-6-7-19-40(30-12-10-11-27(22-30)26-41(2,3)4)36(42)25-39-24-31(28-15-16-33-29(23-28)17-20-46-33)37(38(43)44)32(39)18-21-47-35-14-9-8-13-34(35)45-5/h8-16,22-23,31-32,37H,6-7,17-21,24-26H2,1-5H3/p+1/t31-,32+,37?/m1/s1. The number of carbonyl (C=O) groups is 2. The molecule has 0 radical (unpaired) electrons. The number of hydrogen-bond acceptors (Lipinski definition) is 6. The number of methoxy groups -OCH3 is 1. The van der Waals surface area contributed by atoms with Gasteiger partial charge in [-0.3, -0.25) is 14.5 Å². The van der Waals surface area contributed by atoms with E-state index in [2.05, 4.69) is 51.2 Å². The molecule has 0 saturated carbocycles. The van der Waals surface area contributed by atoms with Crippen molar-refractivity contribution in [2.75, 3.05) is 66.0 Å². The first-order valence-corrected chi connectivity index (χ1v) is 16.8. The molecule has 0 aliphatic carbocycles. The number of nitrogens with zero attached hydrogens (tertiary/aromatic N) is 3. The number of carboxylic acids is 1. The molecule has 2 aliphatic heterocycles. The number of carbonyl (C=O) groups excluding carboxylic acids is 1. The van der Waals surface area contributed by atoms with Gasteiger partial charge in [0.25, 0.3) is 0 Å². The van der Waals surface area contributed by atoms with E-state index in [-0.39, 0.29) is 25.0 Å². The van der Waals surface area contributed by atoms with Crippen LogP contribution in [0.5, 0.6) is 17.2 Å². The monoisotopic (exact) mass is 644 g/mol. The number of amides is 1. The van der Waals surface area contributed by atoms with Crippen LogP contribution in [0.25, 0.3) is 0 Å². The van der Waals surface area contributed by atoms with Gasteiger partial charge in [0.15, 0.2) is 11.5 Å². The van der Waals surface area contributed by atoms with Gasteiger partial charge in [-0.2, -0.15) is 0 Å². The lowest BCUT2D eigenvalue weighted by Gasteiger charge is -2.30. The molecule has 0 bridgehead atoms. The molecule has 3 aromatic carbocycles. The Morgan fingerprint density at radius 2 is 1.83 bits per heavy atom. The molecule has 47 heavy (non-hydrogen) atoms.